The molecule has 0 saturated heterocycles. The number of hydrogen-bond donors (Lipinski definition) is 0. The van der Waals surface area contributed by atoms with Gasteiger partial charge in [-0.15, -0.1) is 0 Å². The zero-order valence-electron chi connectivity index (χ0n) is 12.0. The largest absolute Gasteiger partial charge is 0.474 e. The van der Waals surface area contributed by atoms with Crippen LogP contribution in [0.4, 0.5) is 0 Å². The maximum Gasteiger partial charge on any atom is 0.218 e. The summed E-state index contributed by atoms with van der Waals surface area (Å²) in [6, 6.07) is 1.65. The highest BCUT2D eigenvalue weighted by Gasteiger charge is 2.23. The van der Waals surface area contributed by atoms with E-state index >= 15 is 0 Å². The monoisotopic (exact) mass is 300 g/mol. The van der Waals surface area contributed by atoms with Gasteiger partial charge in [0.25, 0.3) is 0 Å². The average molecular weight is 301 g/mol. The first kappa shape index (κ1) is 15.5. The summed E-state index contributed by atoms with van der Waals surface area (Å²) in [7, 11) is 1.74. The van der Waals surface area contributed by atoms with Crippen molar-refractivity contribution in [3.63, 3.8) is 0 Å². The van der Waals surface area contributed by atoms with Gasteiger partial charge in [-0.1, -0.05) is 11.6 Å². The Morgan fingerprint density at radius 1 is 1.30 bits per heavy atom. The van der Waals surface area contributed by atoms with Crippen LogP contribution in [-0.4, -0.2) is 35.9 Å². The van der Waals surface area contributed by atoms with Crippen LogP contribution in [0.25, 0.3) is 0 Å². The minimum absolute atomic E-state index is 0.125. The maximum absolute atomic E-state index is 5.99. The molecule has 1 fully saturated rings. The number of halogens is 1. The Hall–Kier alpha value is -0.910. The van der Waals surface area contributed by atoms with E-state index in [1.807, 2.05) is 6.92 Å². The summed E-state index contributed by atoms with van der Waals surface area (Å²) in [5, 5.41) is 0.379. The van der Waals surface area contributed by atoms with Gasteiger partial charge in [0.2, 0.25) is 5.88 Å². The summed E-state index contributed by atoms with van der Waals surface area (Å²) < 4.78 is 16.6. The third-order valence-electron chi connectivity index (χ3n) is 3.35. The SMILES string of the molecule is CCOCc1nc(Cl)cc(OC2CCCC(OC)C2)n1. The van der Waals surface area contributed by atoms with Crippen LogP contribution in [0.3, 0.4) is 0 Å². The average Bonchev–Trinajstić information content (AvgIpc) is 2.44. The number of rotatable bonds is 6. The van der Waals surface area contributed by atoms with E-state index in [-0.39, 0.29) is 12.2 Å². The molecule has 2 rings (SSSR count). The van der Waals surface area contributed by atoms with Crippen LogP contribution in [0.1, 0.15) is 38.4 Å². The lowest BCUT2D eigenvalue weighted by molar-refractivity contribution is 0.0192. The van der Waals surface area contributed by atoms with Gasteiger partial charge in [0.1, 0.15) is 17.9 Å². The molecule has 1 heterocycles. The fourth-order valence-electron chi connectivity index (χ4n) is 2.35. The fourth-order valence-corrected chi connectivity index (χ4v) is 2.55. The Morgan fingerprint density at radius 3 is 2.85 bits per heavy atom. The minimum atomic E-state index is 0.125. The topological polar surface area (TPSA) is 53.5 Å². The number of aromatic nitrogens is 2. The molecule has 0 N–H and O–H groups in total. The first-order valence-electron chi connectivity index (χ1n) is 7.02. The molecule has 2 unspecified atom stereocenters. The molecule has 1 saturated carbocycles. The Kier molecular flexibility index (Phi) is 6.01. The zero-order chi connectivity index (χ0) is 14.4. The van der Waals surface area contributed by atoms with Gasteiger partial charge in [0.05, 0.1) is 6.10 Å². The van der Waals surface area contributed by atoms with Gasteiger partial charge < -0.3 is 14.2 Å². The van der Waals surface area contributed by atoms with Gasteiger partial charge >= 0.3 is 0 Å². The van der Waals surface area contributed by atoms with Crippen LogP contribution < -0.4 is 4.74 Å². The van der Waals surface area contributed by atoms with E-state index < -0.39 is 0 Å². The van der Waals surface area contributed by atoms with Crippen molar-refractivity contribution >= 4 is 11.6 Å². The molecule has 0 radical (unpaired) electrons. The van der Waals surface area contributed by atoms with E-state index in [9.17, 15) is 0 Å². The second kappa shape index (κ2) is 7.76. The van der Waals surface area contributed by atoms with Crippen molar-refractivity contribution in [1.82, 2.24) is 9.97 Å². The summed E-state index contributed by atoms with van der Waals surface area (Å²) in [5.74, 6) is 1.06. The number of ether oxygens (including phenoxy) is 3. The molecule has 112 valence electrons. The second-order valence-electron chi connectivity index (χ2n) is 4.85. The summed E-state index contributed by atoms with van der Waals surface area (Å²) >= 11 is 5.99. The number of methoxy groups -OCH3 is 1. The van der Waals surface area contributed by atoms with Crippen molar-refractivity contribution in [3.05, 3.63) is 17.0 Å². The highest BCUT2D eigenvalue weighted by molar-refractivity contribution is 6.29. The van der Waals surface area contributed by atoms with Gasteiger partial charge in [-0.25, -0.2) is 4.98 Å². The molecule has 20 heavy (non-hydrogen) atoms. The zero-order valence-corrected chi connectivity index (χ0v) is 12.7. The van der Waals surface area contributed by atoms with Gasteiger partial charge in [0.15, 0.2) is 5.82 Å². The molecule has 1 aliphatic rings. The fraction of sp³-hybridized carbons (Fsp3) is 0.714. The maximum atomic E-state index is 5.99. The Labute approximate surface area is 124 Å². The lowest BCUT2D eigenvalue weighted by Gasteiger charge is -2.28. The summed E-state index contributed by atoms with van der Waals surface area (Å²) in [6.07, 6.45) is 4.50. The van der Waals surface area contributed by atoms with Gasteiger partial charge in [-0.2, -0.15) is 4.98 Å². The standard InChI is InChI=1S/C14H21ClN2O3/c1-3-19-9-13-16-12(15)8-14(17-13)20-11-6-4-5-10(7-11)18-2/h8,10-11H,3-7,9H2,1-2H3. The van der Waals surface area contributed by atoms with Crippen molar-refractivity contribution in [3.8, 4) is 5.88 Å². The quantitative estimate of drug-likeness (QED) is 0.756. The Balaban J connectivity index is 1.99. The molecule has 5 nitrogen and oxygen atoms in total. The molecule has 0 bridgehead atoms. The van der Waals surface area contributed by atoms with E-state index in [0.717, 1.165) is 25.7 Å². The second-order valence-corrected chi connectivity index (χ2v) is 5.23. The van der Waals surface area contributed by atoms with Crippen molar-refractivity contribution in [2.75, 3.05) is 13.7 Å². The van der Waals surface area contributed by atoms with Gasteiger partial charge in [0, 0.05) is 26.2 Å². The minimum Gasteiger partial charge on any atom is -0.474 e. The van der Waals surface area contributed by atoms with Crippen LogP contribution in [0.2, 0.25) is 5.15 Å². The van der Waals surface area contributed by atoms with E-state index in [1.54, 1.807) is 13.2 Å². The first-order valence-corrected chi connectivity index (χ1v) is 7.39. The third-order valence-corrected chi connectivity index (χ3v) is 3.55. The van der Waals surface area contributed by atoms with E-state index in [0.29, 0.717) is 30.1 Å². The van der Waals surface area contributed by atoms with Crippen molar-refractivity contribution in [2.24, 2.45) is 0 Å². The highest BCUT2D eigenvalue weighted by atomic mass is 35.5. The molecule has 0 spiro atoms. The normalized spacial score (nSPS) is 22.8. The number of hydrogen-bond acceptors (Lipinski definition) is 5. The molecule has 0 aliphatic heterocycles. The van der Waals surface area contributed by atoms with Gasteiger partial charge in [-0.05, 0) is 26.2 Å². The summed E-state index contributed by atoms with van der Waals surface area (Å²) in [5.41, 5.74) is 0. The number of nitrogens with zero attached hydrogens (tertiary/aromatic N) is 2. The van der Waals surface area contributed by atoms with E-state index in [4.69, 9.17) is 25.8 Å². The van der Waals surface area contributed by atoms with Crippen LogP contribution >= 0.6 is 11.6 Å². The molecule has 6 heteroatoms. The molecule has 1 aromatic rings. The van der Waals surface area contributed by atoms with Crippen molar-refractivity contribution < 1.29 is 14.2 Å². The predicted molar refractivity (Wildman–Crippen MR) is 76.1 cm³/mol. The van der Waals surface area contributed by atoms with Crippen LogP contribution in [0.5, 0.6) is 5.88 Å². The smallest absolute Gasteiger partial charge is 0.218 e. The molecular formula is C14H21ClN2O3. The summed E-state index contributed by atoms with van der Waals surface area (Å²) in [6.45, 7) is 2.89. The van der Waals surface area contributed by atoms with Gasteiger partial charge in [-0.3, -0.25) is 0 Å². The Bertz CT molecular complexity index is 431. The lowest BCUT2D eigenvalue weighted by atomic mass is 9.95. The van der Waals surface area contributed by atoms with E-state index in [2.05, 4.69) is 9.97 Å². The molecular weight excluding hydrogens is 280 g/mol. The summed E-state index contributed by atoms with van der Waals surface area (Å²) in [4.78, 5) is 8.45. The predicted octanol–water partition coefficient (Wildman–Crippen LogP) is 3.00. The van der Waals surface area contributed by atoms with Crippen molar-refractivity contribution in [1.29, 1.82) is 0 Å². The lowest BCUT2D eigenvalue weighted by Crippen LogP contribution is -2.29. The van der Waals surface area contributed by atoms with E-state index in [1.165, 1.54) is 0 Å². The molecule has 0 aromatic carbocycles. The van der Waals surface area contributed by atoms with Crippen molar-refractivity contribution in [2.45, 2.75) is 51.4 Å². The molecule has 2 atom stereocenters. The third kappa shape index (κ3) is 4.58. The first-order chi connectivity index (χ1) is 9.71. The van der Waals surface area contributed by atoms with Crippen LogP contribution in [0, 0.1) is 0 Å². The molecule has 1 aliphatic carbocycles. The highest BCUT2D eigenvalue weighted by Crippen LogP contribution is 2.25. The Morgan fingerprint density at radius 2 is 2.10 bits per heavy atom. The van der Waals surface area contributed by atoms with Crippen LogP contribution in [0.15, 0.2) is 6.07 Å². The molecule has 1 aromatic heterocycles. The van der Waals surface area contributed by atoms with Crippen LogP contribution in [-0.2, 0) is 16.1 Å². The molecule has 0 amide bonds.